The van der Waals surface area contributed by atoms with Crippen LogP contribution in [0.3, 0.4) is 0 Å². The molecule has 1 aliphatic heterocycles. The second-order valence-electron chi connectivity index (χ2n) is 9.15. The average molecular weight is 535 g/mol. The molecule has 1 amide bonds. The Bertz CT molecular complexity index is 1400. The summed E-state index contributed by atoms with van der Waals surface area (Å²) >= 11 is 6.05. The van der Waals surface area contributed by atoms with Crippen molar-refractivity contribution in [1.82, 2.24) is 5.32 Å². The van der Waals surface area contributed by atoms with Crippen LogP contribution in [-0.2, 0) is 15.2 Å². The van der Waals surface area contributed by atoms with Crippen LogP contribution in [0.2, 0.25) is 5.02 Å². The molecule has 10 heteroatoms. The van der Waals surface area contributed by atoms with E-state index in [1.54, 1.807) is 42.6 Å². The van der Waals surface area contributed by atoms with Gasteiger partial charge in [0.2, 0.25) is 5.91 Å². The Morgan fingerprint density at radius 3 is 2.49 bits per heavy atom. The van der Waals surface area contributed by atoms with Crippen molar-refractivity contribution in [2.75, 3.05) is 6.54 Å². The molecule has 3 aromatic rings. The molecule has 0 bridgehead atoms. The van der Waals surface area contributed by atoms with Gasteiger partial charge in [-0.3, -0.25) is 9.59 Å². The minimum absolute atomic E-state index is 0.00585. The number of carbonyl (C=O) groups excluding carboxylic acids is 2. The first-order valence-electron chi connectivity index (χ1n) is 11.5. The van der Waals surface area contributed by atoms with Gasteiger partial charge in [-0.05, 0) is 42.3 Å². The van der Waals surface area contributed by atoms with Crippen molar-refractivity contribution in [3.05, 3.63) is 81.6 Å². The van der Waals surface area contributed by atoms with E-state index in [4.69, 9.17) is 16.4 Å². The van der Waals surface area contributed by atoms with Crippen molar-refractivity contribution < 1.29 is 32.0 Å². The second-order valence-corrected chi connectivity index (χ2v) is 9.55. The quantitative estimate of drug-likeness (QED) is 0.273. The van der Waals surface area contributed by atoms with E-state index in [-0.39, 0.29) is 23.6 Å². The van der Waals surface area contributed by atoms with Crippen molar-refractivity contribution in [1.29, 1.82) is 0 Å². The zero-order valence-corrected chi connectivity index (χ0v) is 20.8. The van der Waals surface area contributed by atoms with Gasteiger partial charge in [0.25, 0.3) is 0 Å². The largest absolute Gasteiger partial charge is 0.405 e. The predicted molar refractivity (Wildman–Crippen MR) is 132 cm³/mol. The van der Waals surface area contributed by atoms with Crippen LogP contribution in [0.15, 0.2) is 53.7 Å². The number of rotatable bonds is 7. The summed E-state index contributed by atoms with van der Waals surface area (Å²) in [4.78, 5) is 30.4. The van der Waals surface area contributed by atoms with Crippen molar-refractivity contribution >= 4 is 39.8 Å². The van der Waals surface area contributed by atoms with Crippen molar-refractivity contribution in [2.45, 2.75) is 44.9 Å². The van der Waals surface area contributed by atoms with Crippen LogP contribution in [0.4, 0.5) is 17.6 Å². The maximum absolute atomic E-state index is 14.0. The minimum Gasteiger partial charge on any atom is -0.384 e. The van der Waals surface area contributed by atoms with Crippen molar-refractivity contribution in [3.63, 3.8) is 0 Å². The number of nitrogens with one attached hydrogen (secondary N) is 1. The molecule has 5 nitrogen and oxygen atoms in total. The van der Waals surface area contributed by atoms with Gasteiger partial charge in [0, 0.05) is 36.0 Å². The molecule has 1 heterocycles. The van der Waals surface area contributed by atoms with E-state index in [0.717, 1.165) is 10.9 Å². The zero-order valence-electron chi connectivity index (χ0n) is 20.0. The topological polar surface area (TPSA) is 67.8 Å². The molecule has 1 aliphatic rings. The molecule has 0 saturated carbocycles. The first-order chi connectivity index (χ1) is 17.4. The van der Waals surface area contributed by atoms with Crippen LogP contribution < -0.4 is 5.32 Å². The number of alkyl halides is 3. The summed E-state index contributed by atoms with van der Waals surface area (Å²) in [6.07, 6.45) is -4.75. The van der Waals surface area contributed by atoms with Crippen LogP contribution in [0.1, 0.15) is 53.2 Å². The van der Waals surface area contributed by atoms with Gasteiger partial charge in [-0.1, -0.05) is 53.2 Å². The van der Waals surface area contributed by atoms with Gasteiger partial charge in [-0.2, -0.15) is 13.2 Å². The highest BCUT2D eigenvalue weighted by molar-refractivity contribution is 6.30. The first kappa shape index (κ1) is 26.6. The highest BCUT2D eigenvalue weighted by Crippen LogP contribution is 2.39. The summed E-state index contributed by atoms with van der Waals surface area (Å²) in [5.74, 6) is -1.70. The van der Waals surface area contributed by atoms with Gasteiger partial charge in [0.05, 0.1) is 10.7 Å². The maximum Gasteiger partial charge on any atom is 0.405 e. The molecule has 0 saturated heterocycles. The summed E-state index contributed by atoms with van der Waals surface area (Å²) in [6.45, 7) is 2.01. The van der Waals surface area contributed by atoms with E-state index in [1.807, 2.05) is 19.1 Å². The summed E-state index contributed by atoms with van der Waals surface area (Å²) < 4.78 is 50.9. The minimum atomic E-state index is -4.52. The van der Waals surface area contributed by atoms with E-state index >= 15 is 0 Å². The SMILES string of the molecule is Cc1cc([C@]2(C)CC(c3ccc(C(=O)CCC(=O)NCC(F)(F)F)c4ccccc34)=NO2)cc(Cl)c1F. The van der Waals surface area contributed by atoms with Crippen LogP contribution in [-0.4, -0.2) is 30.1 Å². The highest BCUT2D eigenvalue weighted by atomic mass is 35.5. The van der Waals surface area contributed by atoms with Crippen molar-refractivity contribution in [3.8, 4) is 0 Å². The fourth-order valence-corrected chi connectivity index (χ4v) is 4.58. The summed E-state index contributed by atoms with van der Waals surface area (Å²) in [6, 6.07) is 13.7. The molecule has 0 spiro atoms. The third-order valence-corrected chi connectivity index (χ3v) is 6.56. The fourth-order valence-electron chi connectivity index (χ4n) is 4.31. The Morgan fingerprint density at radius 1 is 1.11 bits per heavy atom. The van der Waals surface area contributed by atoms with E-state index in [1.165, 1.54) is 6.07 Å². The summed E-state index contributed by atoms with van der Waals surface area (Å²) in [5, 5.41) is 7.41. The van der Waals surface area contributed by atoms with Gasteiger partial charge in [-0.15, -0.1) is 0 Å². The number of nitrogens with zero attached hydrogens (tertiary/aromatic N) is 1. The lowest BCUT2D eigenvalue weighted by Crippen LogP contribution is -2.33. The van der Waals surface area contributed by atoms with E-state index in [2.05, 4.69) is 5.16 Å². The number of hydrogen-bond acceptors (Lipinski definition) is 4. The molecule has 1 N–H and O–H groups in total. The Labute approximate surface area is 215 Å². The lowest BCUT2D eigenvalue weighted by atomic mass is 9.86. The third-order valence-electron chi connectivity index (χ3n) is 6.28. The molecule has 3 aromatic carbocycles. The molecule has 37 heavy (non-hydrogen) atoms. The fraction of sp³-hybridized carbons (Fsp3) is 0.296. The number of fused-ring (bicyclic) bond motifs is 1. The van der Waals surface area contributed by atoms with Gasteiger partial charge in [-0.25, -0.2) is 4.39 Å². The van der Waals surface area contributed by atoms with Crippen LogP contribution in [0.5, 0.6) is 0 Å². The van der Waals surface area contributed by atoms with Crippen molar-refractivity contribution in [2.24, 2.45) is 5.16 Å². The van der Waals surface area contributed by atoms with Crippen LogP contribution in [0.25, 0.3) is 10.8 Å². The Morgan fingerprint density at radius 2 is 1.81 bits per heavy atom. The van der Waals surface area contributed by atoms with E-state index in [0.29, 0.717) is 34.2 Å². The van der Waals surface area contributed by atoms with Gasteiger partial charge >= 0.3 is 6.18 Å². The summed E-state index contributed by atoms with van der Waals surface area (Å²) in [7, 11) is 0. The normalized spacial score (nSPS) is 17.4. The lowest BCUT2D eigenvalue weighted by Gasteiger charge is -2.23. The molecule has 0 aliphatic carbocycles. The van der Waals surface area contributed by atoms with E-state index in [9.17, 15) is 27.2 Å². The van der Waals surface area contributed by atoms with Crippen LogP contribution in [0, 0.1) is 12.7 Å². The smallest absolute Gasteiger partial charge is 0.384 e. The Hall–Kier alpha value is -3.46. The molecule has 194 valence electrons. The number of carbonyl (C=O) groups is 2. The Balaban J connectivity index is 1.55. The molecular weight excluding hydrogens is 512 g/mol. The first-order valence-corrected chi connectivity index (χ1v) is 11.9. The number of amides is 1. The number of ketones is 1. The standard InChI is InChI=1S/C27H23ClF4N2O3/c1-15-11-16(12-21(28)25(15)29)26(2)13-22(34-37-26)19-7-8-20(18-6-4-3-5-17(18)19)23(35)9-10-24(36)33-14-27(30,31)32/h3-8,11-12H,9-10,13-14H2,1-2H3,(H,33,36)/t26-/m0/s1. The Kier molecular flexibility index (Phi) is 7.28. The third kappa shape index (κ3) is 5.77. The summed E-state index contributed by atoms with van der Waals surface area (Å²) in [5.41, 5.74) is 1.91. The van der Waals surface area contributed by atoms with Gasteiger partial charge < -0.3 is 10.2 Å². The van der Waals surface area contributed by atoms with Crippen LogP contribution >= 0.6 is 11.6 Å². The lowest BCUT2D eigenvalue weighted by molar-refractivity contribution is -0.138. The highest BCUT2D eigenvalue weighted by Gasteiger charge is 2.38. The number of hydrogen-bond donors (Lipinski definition) is 1. The molecule has 0 radical (unpaired) electrons. The number of benzene rings is 3. The molecule has 4 rings (SSSR count). The second kappa shape index (κ2) is 10.1. The monoisotopic (exact) mass is 534 g/mol. The average Bonchev–Trinajstić information content (AvgIpc) is 3.26. The maximum atomic E-state index is 14.0. The van der Waals surface area contributed by atoms with E-state index < -0.39 is 30.0 Å². The predicted octanol–water partition coefficient (Wildman–Crippen LogP) is 6.62. The van der Waals surface area contributed by atoms with Gasteiger partial charge in [0.1, 0.15) is 12.4 Å². The zero-order chi connectivity index (χ0) is 27.0. The number of halogens is 5. The number of oxime groups is 1. The molecule has 0 unspecified atom stereocenters. The molecular formula is C27H23ClF4N2O3. The molecule has 0 aromatic heterocycles. The number of aryl methyl sites for hydroxylation is 1. The number of Topliss-reactive ketones (excluding diaryl/α,β-unsaturated/α-hetero) is 1. The molecule has 0 fully saturated rings. The molecule has 1 atom stereocenters. The van der Waals surface area contributed by atoms with Gasteiger partial charge in [0.15, 0.2) is 11.4 Å².